The normalized spacial score (nSPS) is 33.8. The number of fused-ring (bicyclic) bond motifs is 1. The van der Waals surface area contributed by atoms with Crippen LogP contribution in [-0.4, -0.2) is 100 Å². The van der Waals surface area contributed by atoms with Crippen molar-refractivity contribution in [1.29, 1.82) is 0 Å². The molecule has 34 heavy (non-hydrogen) atoms. The van der Waals surface area contributed by atoms with Gasteiger partial charge in [0.2, 0.25) is 5.95 Å². The second-order valence-corrected chi connectivity index (χ2v) is 8.49. The van der Waals surface area contributed by atoms with E-state index in [-0.39, 0.29) is 11.2 Å². The van der Waals surface area contributed by atoms with Crippen LogP contribution in [0, 0.1) is 5.92 Å². The van der Waals surface area contributed by atoms with E-state index in [9.17, 15) is 35.1 Å². The van der Waals surface area contributed by atoms with Crippen LogP contribution in [-0.2, 0) is 19.0 Å². The molecule has 0 aliphatic carbocycles. The molecular formula is C19H27N5O10. The molecule has 8 atom stereocenters. The topological polar surface area (TPSA) is 225 Å². The predicted molar refractivity (Wildman–Crippen MR) is 111 cm³/mol. The molecule has 2 aromatic rings. The lowest BCUT2D eigenvalue weighted by molar-refractivity contribution is -0.162. The van der Waals surface area contributed by atoms with E-state index < -0.39 is 85.7 Å². The van der Waals surface area contributed by atoms with E-state index in [1.54, 1.807) is 13.8 Å². The van der Waals surface area contributed by atoms with E-state index in [0.717, 1.165) is 10.9 Å². The molecule has 0 spiro atoms. The van der Waals surface area contributed by atoms with E-state index in [1.165, 1.54) is 4.57 Å². The Morgan fingerprint density at radius 2 is 1.74 bits per heavy atom. The smallest absolute Gasteiger partial charge is 0.308 e. The standard InChI is InChI=1S/C19H27N5O10/c1-6(2)18(31)34-13-11(28)8(4-26)33-17(13)24-15(30)9-14(22-19(24)20)23(5-21-9)16-12(29)10(27)7(3-25)32-16/h5-8,10-13,16-17,25-29H,3-4H2,1-2H3,(H2,20,22)/t7-,8-,10-,11-,12-,13+,16-,17?/m1/s1. The first-order valence-corrected chi connectivity index (χ1v) is 10.6. The van der Waals surface area contributed by atoms with Gasteiger partial charge in [0.25, 0.3) is 5.56 Å². The van der Waals surface area contributed by atoms with Crippen LogP contribution in [0.3, 0.4) is 0 Å². The van der Waals surface area contributed by atoms with Crippen molar-refractivity contribution in [2.45, 2.75) is 62.9 Å². The van der Waals surface area contributed by atoms with Crippen molar-refractivity contribution in [3.63, 3.8) is 0 Å². The minimum absolute atomic E-state index is 0.0819. The highest BCUT2D eigenvalue weighted by Crippen LogP contribution is 2.34. The fourth-order valence-corrected chi connectivity index (χ4v) is 4.01. The highest BCUT2D eigenvalue weighted by molar-refractivity contribution is 5.72. The van der Waals surface area contributed by atoms with Crippen molar-refractivity contribution in [2.75, 3.05) is 18.9 Å². The van der Waals surface area contributed by atoms with Gasteiger partial charge in [0, 0.05) is 0 Å². The summed E-state index contributed by atoms with van der Waals surface area (Å²) in [6.45, 7) is 2.01. The number of ether oxygens (including phenoxy) is 3. The van der Waals surface area contributed by atoms with E-state index in [1.807, 2.05) is 0 Å². The van der Waals surface area contributed by atoms with Gasteiger partial charge in [-0.1, -0.05) is 13.8 Å². The molecule has 0 amide bonds. The number of nitrogen functional groups attached to an aromatic ring is 1. The van der Waals surface area contributed by atoms with Crippen molar-refractivity contribution in [3.05, 3.63) is 16.7 Å². The Bertz CT molecular complexity index is 1120. The monoisotopic (exact) mass is 485 g/mol. The number of nitrogens with zero attached hydrogens (tertiary/aromatic N) is 4. The molecule has 2 saturated heterocycles. The summed E-state index contributed by atoms with van der Waals surface area (Å²) >= 11 is 0. The van der Waals surface area contributed by atoms with Gasteiger partial charge < -0.3 is 45.5 Å². The van der Waals surface area contributed by atoms with Gasteiger partial charge in [-0.05, 0) is 0 Å². The molecule has 0 radical (unpaired) electrons. The number of aliphatic hydroxyl groups excluding tert-OH is 5. The van der Waals surface area contributed by atoms with Gasteiger partial charge in [-0.15, -0.1) is 0 Å². The minimum Gasteiger partial charge on any atom is -0.454 e. The lowest BCUT2D eigenvalue weighted by Gasteiger charge is -2.24. The number of anilines is 1. The molecule has 0 aromatic carbocycles. The maximum absolute atomic E-state index is 13.3. The van der Waals surface area contributed by atoms with E-state index in [0.29, 0.717) is 0 Å². The third-order valence-electron chi connectivity index (χ3n) is 5.92. The Morgan fingerprint density at radius 3 is 2.32 bits per heavy atom. The number of esters is 1. The van der Waals surface area contributed by atoms with Crippen LogP contribution in [0.25, 0.3) is 11.2 Å². The summed E-state index contributed by atoms with van der Waals surface area (Å²) in [7, 11) is 0. The van der Waals surface area contributed by atoms with E-state index in [4.69, 9.17) is 19.9 Å². The van der Waals surface area contributed by atoms with Crippen molar-refractivity contribution in [3.8, 4) is 0 Å². The summed E-state index contributed by atoms with van der Waals surface area (Å²) in [5.74, 6) is -1.60. The molecular weight excluding hydrogens is 458 g/mol. The Labute approximate surface area is 191 Å². The maximum atomic E-state index is 13.3. The van der Waals surface area contributed by atoms with Crippen LogP contribution in [0.2, 0.25) is 0 Å². The van der Waals surface area contributed by atoms with Crippen LogP contribution < -0.4 is 11.3 Å². The molecule has 2 aromatic heterocycles. The molecule has 15 heteroatoms. The van der Waals surface area contributed by atoms with Gasteiger partial charge in [0.05, 0.1) is 25.5 Å². The highest BCUT2D eigenvalue weighted by atomic mass is 16.6. The Kier molecular flexibility index (Phi) is 6.61. The first-order valence-electron chi connectivity index (χ1n) is 10.6. The van der Waals surface area contributed by atoms with Crippen molar-refractivity contribution < 1.29 is 44.5 Å². The number of carbonyl (C=O) groups excluding carboxylic acids is 1. The van der Waals surface area contributed by atoms with Gasteiger partial charge in [0.15, 0.2) is 29.7 Å². The molecule has 7 N–H and O–H groups in total. The number of hydrogen-bond donors (Lipinski definition) is 6. The quantitative estimate of drug-likeness (QED) is 0.220. The Balaban J connectivity index is 1.76. The third-order valence-corrected chi connectivity index (χ3v) is 5.92. The summed E-state index contributed by atoms with van der Waals surface area (Å²) in [5.41, 5.74) is 4.94. The second kappa shape index (κ2) is 9.18. The Hall–Kier alpha value is -2.66. The van der Waals surface area contributed by atoms with Crippen LogP contribution in [0.1, 0.15) is 26.3 Å². The predicted octanol–water partition coefficient (Wildman–Crippen LogP) is -3.39. The summed E-state index contributed by atoms with van der Waals surface area (Å²) in [4.78, 5) is 33.7. The third kappa shape index (κ3) is 3.84. The van der Waals surface area contributed by atoms with E-state index >= 15 is 0 Å². The summed E-state index contributed by atoms with van der Waals surface area (Å²) in [5, 5.41) is 49.7. The van der Waals surface area contributed by atoms with E-state index in [2.05, 4.69) is 9.97 Å². The number of aromatic nitrogens is 4. The molecule has 0 saturated carbocycles. The second-order valence-electron chi connectivity index (χ2n) is 8.49. The highest BCUT2D eigenvalue weighted by Gasteiger charge is 2.49. The van der Waals surface area contributed by atoms with Crippen LogP contribution in [0.4, 0.5) is 5.95 Å². The average molecular weight is 485 g/mol. The van der Waals surface area contributed by atoms with Gasteiger partial charge in [-0.2, -0.15) is 4.98 Å². The maximum Gasteiger partial charge on any atom is 0.308 e. The first-order chi connectivity index (χ1) is 16.1. The molecule has 2 aliphatic rings. The van der Waals surface area contributed by atoms with Gasteiger partial charge in [-0.3, -0.25) is 14.2 Å². The van der Waals surface area contributed by atoms with Crippen LogP contribution >= 0.6 is 0 Å². The van der Waals surface area contributed by atoms with Gasteiger partial charge >= 0.3 is 5.97 Å². The molecule has 1 unspecified atom stereocenters. The molecule has 4 heterocycles. The average Bonchev–Trinajstić information content (AvgIpc) is 3.43. The SMILES string of the molecule is CC(C)C(=O)O[C@@H]1C(n2c(N)nc3c(ncn3[C@@H]3O[C@H](CO)[C@@H](O)[C@H]3O)c2=O)O[C@H](CO)[C@H]1O. The number of hydrogen-bond acceptors (Lipinski definition) is 13. The fourth-order valence-electron chi connectivity index (χ4n) is 4.01. The molecule has 188 valence electrons. The fraction of sp³-hybridized carbons (Fsp3) is 0.684. The summed E-state index contributed by atoms with van der Waals surface area (Å²) in [6.07, 6.45) is -9.32. The molecule has 2 fully saturated rings. The number of nitrogens with two attached hydrogens (primary N) is 1. The van der Waals surface area contributed by atoms with Crippen LogP contribution in [0.5, 0.6) is 0 Å². The summed E-state index contributed by atoms with van der Waals surface area (Å²) in [6, 6.07) is 0. The van der Waals surface area contributed by atoms with Gasteiger partial charge in [-0.25, -0.2) is 9.55 Å². The molecule has 15 nitrogen and oxygen atoms in total. The lowest BCUT2D eigenvalue weighted by Crippen LogP contribution is -2.40. The zero-order valence-corrected chi connectivity index (χ0v) is 18.3. The molecule has 2 aliphatic heterocycles. The molecule has 0 bridgehead atoms. The lowest BCUT2D eigenvalue weighted by atomic mass is 10.1. The zero-order chi connectivity index (χ0) is 24.9. The number of aliphatic hydroxyl groups is 5. The van der Waals surface area contributed by atoms with Crippen molar-refractivity contribution >= 4 is 23.1 Å². The van der Waals surface area contributed by atoms with Crippen molar-refractivity contribution in [1.82, 2.24) is 19.1 Å². The Morgan fingerprint density at radius 1 is 1.12 bits per heavy atom. The first kappa shape index (κ1) is 24.5. The largest absolute Gasteiger partial charge is 0.454 e. The minimum atomic E-state index is -1.45. The zero-order valence-electron chi connectivity index (χ0n) is 18.3. The number of imidazole rings is 1. The number of rotatable bonds is 6. The number of carbonyl (C=O) groups is 1. The van der Waals surface area contributed by atoms with Crippen LogP contribution in [0.15, 0.2) is 11.1 Å². The molecule has 4 rings (SSSR count). The summed E-state index contributed by atoms with van der Waals surface area (Å²) < 4.78 is 18.4. The van der Waals surface area contributed by atoms with Crippen molar-refractivity contribution in [2.24, 2.45) is 5.92 Å². The van der Waals surface area contributed by atoms with Gasteiger partial charge in [0.1, 0.15) is 30.5 Å².